The summed E-state index contributed by atoms with van der Waals surface area (Å²) >= 11 is 0. The van der Waals surface area contributed by atoms with Crippen molar-refractivity contribution in [2.45, 2.75) is 19.4 Å². The Kier molecular flexibility index (Phi) is 6.36. The van der Waals surface area contributed by atoms with Gasteiger partial charge in [-0.3, -0.25) is 14.9 Å². The number of amides is 1. The first-order valence-electron chi connectivity index (χ1n) is 9.15. The topological polar surface area (TPSA) is 99.3 Å². The van der Waals surface area contributed by atoms with Crippen LogP contribution in [0, 0.1) is 10.1 Å². The predicted octanol–water partition coefficient (Wildman–Crippen LogP) is 3.14. The fourth-order valence-corrected chi connectivity index (χ4v) is 3.03. The molecule has 3 rings (SSSR count). The van der Waals surface area contributed by atoms with Crippen LogP contribution < -0.4 is 5.32 Å². The van der Waals surface area contributed by atoms with Crippen LogP contribution in [0.2, 0.25) is 0 Å². The van der Waals surface area contributed by atoms with Gasteiger partial charge >= 0.3 is 0 Å². The minimum atomic E-state index is -0.447. The predicted molar refractivity (Wildman–Crippen MR) is 109 cm³/mol. The number of nitro benzene ring substituents is 1. The third-order valence-electron chi connectivity index (χ3n) is 4.34. The van der Waals surface area contributed by atoms with Crippen molar-refractivity contribution in [3.8, 4) is 16.9 Å². The fraction of sp³-hybridized carbons (Fsp3) is 0.238. The fourth-order valence-electron chi connectivity index (χ4n) is 3.03. The summed E-state index contributed by atoms with van der Waals surface area (Å²) in [6, 6.07) is 15.6. The van der Waals surface area contributed by atoms with Crippen LogP contribution in [0.1, 0.15) is 12.5 Å². The van der Waals surface area contributed by atoms with Gasteiger partial charge in [0.25, 0.3) is 5.69 Å². The van der Waals surface area contributed by atoms with Crippen LogP contribution in [0.4, 0.5) is 5.69 Å². The molecule has 0 aliphatic rings. The maximum absolute atomic E-state index is 12.5. The van der Waals surface area contributed by atoms with Crippen molar-refractivity contribution < 1.29 is 14.5 Å². The standard InChI is InChI=1S/C21H22N4O4/c1-15(14-29-2)22-20(26)12-17-13-24(18-6-4-3-5-7-18)23-21(17)16-8-10-19(11-9-16)25(27)28/h3-11,13,15H,12,14H2,1-2H3,(H,22,26)/t15-/m0/s1. The smallest absolute Gasteiger partial charge is 0.269 e. The third-order valence-corrected chi connectivity index (χ3v) is 4.34. The molecule has 0 spiro atoms. The summed E-state index contributed by atoms with van der Waals surface area (Å²) < 4.78 is 6.76. The van der Waals surface area contributed by atoms with Gasteiger partial charge in [-0.2, -0.15) is 5.10 Å². The largest absolute Gasteiger partial charge is 0.383 e. The van der Waals surface area contributed by atoms with E-state index in [-0.39, 0.29) is 24.1 Å². The van der Waals surface area contributed by atoms with Crippen molar-refractivity contribution in [1.82, 2.24) is 15.1 Å². The van der Waals surface area contributed by atoms with Crippen molar-refractivity contribution in [3.63, 3.8) is 0 Å². The van der Waals surface area contributed by atoms with Gasteiger partial charge in [0.2, 0.25) is 5.91 Å². The quantitative estimate of drug-likeness (QED) is 0.467. The number of carbonyl (C=O) groups is 1. The molecule has 2 aromatic carbocycles. The van der Waals surface area contributed by atoms with E-state index in [4.69, 9.17) is 4.74 Å². The number of nitrogens with one attached hydrogen (secondary N) is 1. The van der Waals surface area contributed by atoms with Crippen LogP contribution in [0.15, 0.2) is 60.8 Å². The van der Waals surface area contributed by atoms with E-state index in [0.717, 1.165) is 11.3 Å². The molecule has 3 aromatic rings. The second-order valence-corrected chi connectivity index (χ2v) is 6.69. The van der Waals surface area contributed by atoms with Crippen molar-refractivity contribution in [2.24, 2.45) is 0 Å². The molecule has 8 nitrogen and oxygen atoms in total. The molecule has 0 saturated heterocycles. The summed E-state index contributed by atoms with van der Waals surface area (Å²) in [5, 5.41) is 18.5. The van der Waals surface area contributed by atoms with Crippen LogP contribution in [0.5, 0.6) is 0 Å². The lowest BCUT2D eigenvalue weighted by Gasteiger charge is -2.12. The molecule has 0 unspecified atom stereocenters. The van der Waals surface area contributed by atoms with Gasteiger partial charge in [-0.25, -0.2) is 4.68 Å². The molecular weight excluding hydrogens is 372 g/mol. The first-order chi connectivity index (χ1) is 14.0. The van der Waals surface area contributed by atoms with E-state index in [1.807, 2.05) is 43.5 Å². The Bertz CT molecular complexity index is 984. The number of methoxy groups -OCH3 is 1. The van der Waals surface area contributed by atoms with Gasteiger partial charge in [-0.1, -0.05) is 18.2 Å². The Balaban J connectivity index is 1.93. The molecular formula is C21H22N4O4. The highest BCUT2D eigenvalue weighted by Gasteiger charge is 2.17. The Labute approximate surface area is 168 Å². The molecule has 1 heterocycles. The Morgan fingerprint density at radius 2 is 1.90 bits per heavy atom. The van der Waals surface area contributed by atoms with Crippen molar-refractivity contribution in [1.29, 1.82) is 0 Å². The summed E-state index contributed by atoms with van der Waals surface area (Å²) in [6.45, 7) is 2.29. The van der Waals surface area contributed by atoms with Crippen molar-refractivity contribution in [2.75, 3.05) is 13.7 Å². The molecule has 0 fully saturated rings. The maximum atomic E-state index is 12.5. The summed E-state index contributed by atoms with van der Waals surface area (Å²) in [7, 11) is 1.58. The molecule has 8 heteroatoms. The number of para-hydroxylation sites is 1. The third kappa shape index (κ3) is 5.05. The number of hydrogen-bond acceptors (Lipinski definition) is 5. The normalized spacial score (nSPS) is 11.8. The number of carbonyl (C=O) groups excluding carboxylic acids is 1. The SMILES string of the molecule is COC[C@H](C)NC(=O)Cc1cn(-c2ccccc2)nc1-c1ccc([N+](=O)[O-])cc1. The molecule has 0 bridgehead atoms. The van der Waals surface area contributed by atoms with Crippen molar-refractivity contribution in [3.05, 3.63) is 76.5 Å². The lowest BCUT2D eigenvalue weighted by atomic mass is 10.1. The van der Waals surface area contributed by atoms with Crippen LogP contribution in [0.25, 0.3) is 16.9 Å². The van der Waals surface area contributed by atoms with Crippen molar-refractivity contribution >= 4 is 11.6 Å². The van der Waals surface area contributed by atoms with E-state index in [2.05, 4.69) is 10.4 Å². The number of nitrogens with zero attached hydrogens (tertiary/aromatic N) is 3. The lowest BCUT2D eigenvalue weighted by Crippen LogP contribution is -2.36. The molecule has 1 aromatic heterocycles. The molecule has 0 aliphatic heterocycles. The van der Waals surface area contributed by atoms with Crippen LogP contribution in [-0.4, -0.2) is 40.4 Å². The second kappa shape index (κ2) is 9.11. The number of hydrogen-bond donors (Lipinski definition) is 1. The number of aromatic nitrogens is 2. The summed E-state index contributed by atoms with van der Waals surface area (Å²) in [6.07, 6.45) is 1.94. The van der Waals surface area contributed by atoms with E-state index >= 15 is 0 Å². The first-order valence-corrected chi connectivity index (χ1v) is 9.15. The average Bonchev–Trinajstić information content (AvgIpc) is 3.12. The van der Waals surface area contributed by atoms with Crippen LogP contribution >= 0.6 is 0 Å². The van der Waals surface area contributed by atoms with E-state index in [0.29, 0.717) is 17.9 Å². The number of ether oxygens (including phenoxy) is 1. The van der Waals surface area contributed by atoms with Crippen LogP contribution in [0.3, 0.4) is 0 Å². The molecule has 150 valence electrons. The summed E-state index contributed by atoms with van der Waals surface area (Å²) in [5.41, 5.74) is 2.90. The van der Waals surface area contributed by atoms with E-state index in [9.17, 15) is 14.9 Å². The lowest BCUT2D eigenvalue weighted by molar-refractivity contribution is -0.384. The minimum Gasteiger partial charge on any atom is -0.383 e. The second-order valence-electron chi connectivity index (χ2n) is 6.69. The maximum Gasteiger partial charge on any atom is 0.269 e. The number of nitro groups is 1. The van der Waals surface area contributed by atoms with Gasteiger partial charge in [0.1, 0.15) is 0 Å². The monoisotopic (exact) mass is 394 g/mol. The highest BCUT2D eigenvalue weighted by atomic mass is 16.6. The molecule has 0 radical (unpaired) electrons. The molecule has 29 heavy (non-hydrogen) atoms. The van der Waals surface area contributed by atoms with Gasteiger partial charge in [0.05, 0.1) is 29.3 Å². The van der Waals surface area contributed by atoms with E-state index in [1.165, 1.54) is 12.1 Å². The highest BCUT2D eigenvalue weighted by molar-refractivity contribution is 5.81. The Morgan fingerprint density at radius 3 is 2.52 bits per heavy atom. The zero-order valence-electron chi connectivity index (χ0n) is 16.2. The number of benzene rings is 2. The van der Waals surface area contributed by atoms with E-state index < -0.39 is 4.92 Å². The molecule has 1 N–H and O–H groups in total. The van der Waals surface area contributed by atoms with Gasteiger partial charge in [0, 0.05) is 42.6 Å². The zero-order chi connectivity index (χ0) is 20.8. The van der Waals surface area contributed by atoms with Gasteiger partial charge in [0.15, 0.2) is 0 Å². The van der Waals surface area contributed by atoms with E-state index in [1.54, 1.807) is 23.9 Å². The molecule has 0 saturated carbocycles. The van der Waals surface area contributed by atoms with Crippen LogP contribution in [-0.2, 0) is 16.0 Å². The Morgan fingerprint density at radius 1 is 1.21 bits per heavy atom. The summed E-state index contributed by atoms with van der Waals surface area (Å²) in [5.74, 6) is -0.148. The summed E-state index contributed by atoms with van der Waals surface area (Å²) in [4.78, 5) is 23.0. The van der Waals surface area contributed by atoms with Gasteiger partial charge < -0.3 is 10.1 Å². The Hall–Kier alpha value is -3.52. The van der Waals surface area contributed by atoms with Gasteiger partial charge in [-0.05, 0) is 31.2 Å². The molecule has 0 aliphatic carbocycles. The minimum absolute atomic E-state index is 0.00363. The average molecular weight is 394 g/mol. The first kappa shape index (κ1) is 20.2. The zero-order valence-corrected chi connectivity index (χ0v) is 16.2. The van der Waals surface area contributed by atoms with Gasteiger partial charge in [-0.15, -0.1) is 0 Å². The molecule has 1 amide bonds. The highest BCUT2D eigenvalue weighted by Crippen LogP contribution is 2.26. The number of non-ortho nitro benzene ring substituents is 1. The number of rotatable bonds is 8. The molecule has 1 atom stereocenters.